The minimum absolute atomic E-state index is 0.218. The number of rotatable bonds is 4. The average Bonchev–Trinajstić information content (AvgIpc) is 3.08. The summed E-state index contributed by atoms with van der Waals surface area (Å²) in [6.45, 7) is 0.324. The first-order valence-corrected chi connectivity index (χ1v) is 6.82. The van der Waals surface area contributed by atoms with E-state index in [1.165, 1.54) is 17.3 Å². The summed E-state index contributed by atoms with van der Waals surface area (Å²) >= 11 is 6.04. The van der Waals surface area contributed by atoms with Crippen molar-refractivity contribution in [1.82, 2.24) is 30.3 Å². The Bertz CT molecular complexity index is 772. The van der Waals surface area contributed by atoms with Crippen LogP contribution < -0.4 is 5.32 Å². The SMILES string of the molecule is O=C(NCc1ccccc1Cl)c1ccc(-n2cncn2)nn1. The molecular formula is C14H11ClN6O. The Morgan fingerprint density at radius 2 is 2.05 bits per heavy atom. The molecule has 1 aromatic carbocycles. The molecule has 0 bridgehead atoms. The second-order valence-corrected chi connectivity index (χ2v) is 4.80. The fraction of sp³-hybridized carbons (Fsp3) is 0.0714. The molecule has 0 aliphatic carbocycles. The van der Waals surface area contributed by atoms with Gasteiger partial charge in [-0.2, -0.15) is 5.10 Å². The average molecular weight is 315 g/mol. The summed E-state index contributed by atoms with van der Waals surface area (Å²) < 4.78 is 1.46. The molecule has 3 rings (SSSR count). The highest BCUT2D eigenvalue weighted by Crippen LogP contribution is 2.14. The summed E-state index contributed by atoms with van der Waals surface area (Å²) in [6, 6.07) is 10.5. The number of hydrogen-bond acceptors (Lipinski definition) is 5. The normalized spacial score (nSPS) is 10.4. The molecule has 0 radical (unpaired) electrons. The predicted molar refractivity (Wildman–Crippen MR) is 79.6 cm³/mol. The number of amides is 1. The van der Waals surface area contributed by atoms with E-state index in [9.17, 15) is 4.79 Å². The van der Waals surface area contributed by atoms with Crippen LogP contribution in [0.3, 0.4) is 0 Å². The molecule has 1 N–H and O–H groups in total. The number of carbonyl (C=O) groups excluding carboxylic acids is 1. The Kier molecular flexibility index (Phi) is 4.06. The van der Waals surface area contributed by atoms with Gasteiger partial charge in [0, 0.05) is 11.6 Å². The molecule has 8 heteroatoms. The molecule has 0 atom stereocenters. The third-order valence-corrected chi connectivity index (χ3v) is 3.30. The van der Waals surface area contributed by atoms with Gasteiger partial charge in [0.25, 0.3) is 5.91 Å². The Hall–Kier alpha value is -2.80. The highest BCUT2D eigenvalue weighted by atomic mass is 35.5. The van der Waals surface area contributed by atoms with Crippen LogP contribution in [-0.2, 0) is 6.54 Å². The number of carbonyl (C=O) groups is 1. The monoisotopic (exact) mass is 314 g/mol. The van der Waals surface area contributed by atoms with Crippen molar-refractivity contribution in [3.05, 3.63) is 65.3 Å². The van der Waals surface area contributed by atoms with Gasteiger partial charge >= 0.3 is 0 Å². The fourth-order valence-electron chi connectivity index (χ4n) is 1.80. The summed E-state index contributed by atoms with van der Waals surface area (Å²) in [6.07, 6.45) is 2.90. The van der Waals surface area contributed by atoms with Gasteiger partial charge in [0.15, 0.2) is 11.5 Å². The lowest BCUT2D eigenvalue weighted by atomic mass is 10.2. The van der Waals surface area contributed by atoms with Crippen molar-refractivity contribution in [2.45, 2.75) is 6.54 Å². The second kappa shape index (κ2) is 6.31. The maximum atomic E-state index is 12.0. The van der Waals surface area contributed by atoms with Gasteiger partial charge in [-0.15, -0.1) is 10.2 Å². The van der Waals surface area contributed by atoms with E-state index in [1.807, 2.05) is 18.2 Å². The van der Waals surface area contributed by atoms with Crippen molar-refractivity contribution in [3.8, 4) is 5.82 Å². The topological polar surface area (TPSA) is 85.6 Å². The van der Waals surface area contributed by atoms with E-state index >= 15 is 0 Å². The minimum Gasteiger partial charge on any atom is -0.347 e. The van der Waals surface area contributed by atoms with Crippen LogP contribution in [0.15, 0.2) is 49.1 Å². The molecular weight excluding hydrogens is 304 g/mol. The van der Waals surface area contributed by atoms with Gasteiger partial charge in [-0.3, -0.25) is 4.79 Å². The number of benzene rings is 1. The zero-order valence-corrected chi connectivity index (χ0v) is 12.1. The molecule has 0 saturated heterocycles. The van der Waals surface area contributed by atoms with E-state index < -0.39 is 0 Å². The van der Waals surface area contributed by atoms with E-state index in [0.717, 1.165) is 5.56 Å². The third-order valence-electron chi connectivity index (χ3n) is 2.93. The van der Waals surface area contributed by atoms with Crippen LogP contribution in [0.2, 0.25) is 5.02 Å². The summed E-state index contributed by atoms with van der Waals surface area (Å²) in [7, 11) is 0. The molecule has 0 aliphatic rings. The van der Waals surface area contributed by atoms with Gasteiger partial charge < -0.3 is 5.32 Å². The van der Waals surface area contributed by atoms with E-state index in [0.29, 0.717) is 17.4 Å². The van der Waals surface area contributed by atoms with Crippen molar-refractivity contribution in [2.24, 2.45) is 0 Å². The van der Waals surface area contributed by atoms with Crippen LogP contribution in [-0.4, -0.2) is 30.9 Å². The Morgan fingerprint density at radius 3 is 2.73 bits per heavy atom. The lowest BCUT2D eigenvalue weighted by Crippen LogP contribution is -2.24. The smallest absolute Gasteiger partial charge is 0.272 e. The summed E-state index contributed by atoms with van der Waals surface area (Å²) in [5.41, 5.74) is 1.06. The minimum atomic E-state index is -0.322. The molecule has 0 saturated carbocycles. The Labute approximate surface area is 131 Å². The van der Waals surface area contributed by atoms with Crippen LogP contribution in [0.1, 0.15) is 16.1 Å². The Morgan fingerprint density at radius 1 is 1.18 bits per heavy atom. The predicted octanol–water partition coefficient (Wildman–Crippen LogP) is 1.64. The zero-order valence-electron chi connectivity index (χ0n) is 11.3. The number of halogens is 1. The van der Waals surface area contributed by atoms with Gasteiger partial charge in [-0.05, 0) is 23.8 Å². The standard InChI is InChI=1S/C14H11ClN6O/c15-11-4-2-1-3-10(11)7-17-14(22)12-5-6-13(20-19-12)21-9-16-8-18-21/h1-6,8-9H,7H2,(H,17,22). The van der Waals surface area contributed by atoms with Crippen LogP contribution in [0, 0.1) is 0 Å². The summed E-state index contributed by atoms with van der Waals surface area (Å²) in [5.74, 6) is 0.165. The maximum Gasteiger partial charge on any atom is 0.272 e. The largest absolute Gasteiger partial charge is 0.347 e. The van der Waals surface area contributed by atoms with Crippen LogP contribution in [0.4, 0.5) is 0 Å². The molecule has 0 fully saturated rings. The molecule has 2 heterocycles. The van der Waals surface area contributed by atoms with Gasteiger partial charge in [0.05, 0.1) is 0 Å². The molecule has 2 aromatic heterocycles. The van der Waals surface area contributed by atoms with E-state index in [1.54, 1.807) is 18.2 Å². The number of aromatic nitrogens is 5. The number of hydrogen-bond donors (Lipinski definition) is 1. The van der Waals surface area contributed by atoms with Gasteiger partial charge in [0.2, 0.25) is 0 Å². The first-order chi connectivity index (χ1) is 10.7. The van der Waals surface area contributed by atoms with Crippen LogP contribution in [0.5, 0.6) is 0 Å². The van der Waals surface area contributed by atoms with Crippen LogP contribution in [0.25, 0.3) is 5.82 Å². The van der Waals surface area contributed by atoms with Gasteiger partial charge in [0.1, 0.15) is 12.7 Å². The molecule has 0 aliphatic heterocycles. The van der Waals surface area contributed by atoms with Crippen molar-refractivity contribution in [3.63, 3.8) is 0 Å². The summed E-state index contributed by atoms with van der Waals surface area (Å²) in [4.78, 5) is 15.9. The molecule has 0 spiro atoms. The van der Waals surface area contributed by atoms with Crippen molar-refractivity contribution < 1.29 is 4.79 Å². The summed E-state index contributed by atoms with van der Waals surface area (Å²) in [5, 5.41) is 15.1. The maximum absolute atomic E-state index is 12.0. The Balaban J connectivity index is 1.67. The highest BCUT2D eigenvalue weighted by Gasteiger charge is 2.09. The van der Waals surface area contributed by atoms with E-state index in [-0.39, 0.29) is 11.6 Å². The van der Waals surface area contributed by atoms with E-state index in [2.05, 4.69) is 25.6 Å². The molecule has 110 valence electrons. The van der Waals surface area contributed by atoms with Gasteiger partial charge in [-0.25, -0.2) is 9.67 Å². The van der Waals surface area contributed by atoms with Crippen molar-refractivity contribution >= 4 is 17.5 Å². The highest BCUT2D eigenvalue weighted by molar-refractivity contribution is 6.31. The lowest BCUT2D eigenvalue weighted by molar-refractivity contribution is 0.0945. The third kappa shape index (κ3) is 3.09. The molecule has 22 heavy (non-hydrogen) atoms. The van der Waals surface area contributed by atoms with E-state index in [4.69, 9.17) is 11.6 Å². The second-order valence-electron chi connectivity index (χ2n) is 4.39. The zero-order chi connectivity index (χ0) is 15.4. The molecule has 0 unspecified atom stereocenters. The van der Waals surface area contributed by atoms with Crippen LogP contribution >= 0.6 is 11.6 Å². The number of nitrogens with zero attached hydrogens (tertiary/aromatic N) is 5. The molecule has 7 nitrogen and oxygen atoms in total. The molecule has 3 aromatic rings. The van der Waals surface area contributed by atoms with Gasteiger partial charge in [-0.1, -0.05) is 29.8 Å². The quantitative estimate of drug-likeness (QED) is 0.791. The fourth-order valence-corrected chi connectivity index (χ4v) is 2.01. The lowest BCUT2D eigenvalue weighted by Gasteiger charge is -2.06. The first-order valence-electron chi connectivity index (χ1n) is 6.44. The van der Waals surface area contributed by atoms with Crippen molar-refractivity contribution in [2.75, 3.05) is 0 Å². The number of nitrogens with one attached hydrogen (secondary N) is 1. The van der Waals surface area contributed by atoms with Crippen molar-refractivity contribution in [1.29, 1.82) is 0 Å². The first kappa shape index (κ1) is 14.2. The molecule has 1 amide bonds.